The molecule has 0 saturated carbocycles. The Morgan fingerprint density at radius 1 is 1.12 bits per heavy atom. The average molecular weight is 455 g/mol. The smallest absolute Gasteiger partial charge is 0.254 e. The second-order valence-corrected chi connectivity index (χ2v) is 7.78. The highest BCUT2D eigenvalue weighted by molar-refractivity contribution is 7.14. The van der Waals surface area contributed by atoms with E-state index >= 15 is 0 Å². The van der Waals surface area contributed by atoms with Gasteiger partial charge in [-0.15, -0.1) is 11.3 Å². The summed E-state index contributed by atoms with van der Waals surface area (Å²) in [5.41, 5.74) is 8.35. The highest BCUT2D eigenvalue weighted by Crippen LogP contribution is 2.26. The van der Waals surface area contributed by atoms with E-state index in [0.29, 0.717) is 22.1 Å². The number of anilines is 1. The van der Waals surface area contributed by atoms with Gasteiger partial charge in [-0.3, -0.25) is 9.59 Å². The minimum absolute atomic E-state index is 0.121. The van der Waals surface area contributed by atoms with E-state index < -0.39 is 5.91 Å². The largest absolute Gasteiger partial charge is 0.438 e. The van der Waals surface area contributed by atoms with E-state index in [0.717, 1.165) is 11.1 Å². The van der Waals surface area contributed by atoms with Gasteiger partial charge in [0.05, 0.1) is 23.7 Å². The number of nitrogens with one attached hydrogen (secondary N) is 1. The molecule has 4 aromatic rings. The maximum atomic E-state index is 12.4. The van der Waals surface area contributed by atoms with Gasteiger partial charge in [0.15, 0.2) is 5.13 Å². The Kier molecular flexibility index (Phi) is 6.38. The Morgan fingerprint density at radius 3 is 2.70 bits per heavy atom. The third-order valence-corrected chi connectivity index (χ3v) is 5.33. The average Bonchev–Trinajstić information content (AvgIpc) is 3.29. The highest BCUT2D eigenvalue weighted by atomic mass is 32.1. The first-order chi connectivity index (χ1) is 16.0. The maximum Gasteiger partial charge on any atom is 0.254 e. The van der Waals surface area contributed by atoms with Gasteiger partial charge < -0.3 is 15.8 Å². The van der Waals surface area contributed by atoms with Gasteiger partial charge in [-0.2, -0.15) is 5.26 Å². The van der Waals surface area contributed by atoms with E-state index in [1.54, 1.807) is 48.5 Å². The van der Waals surface area contributed by atoms with Crippen molar-refractivity contribution in [3.63, 3.8) is 0 Å². The second kappa shape index (κ2) is 9.72. The van der Waals surface area contributed by atoms with Crippen molar-refractivity contribution < 1.29 is 14.3 Å². The van der Waals surface area contributed by atoms with Crippen LogP contribution >= 0.6 is 11.3 Å². The first kappa shape index (κ1) is 21.7. The molecule has 162 valence electrons. The summed E-state index contributed by atoms with van der Waals surface area (Å²) < 4.78 is 5.65. The van der Waals surface area contributed by atoms with Gasteiger partial charge in [-0.05, 0) is 42.0 Å². The molecule has 2 aromatic carbocycles. The van der Waals surface area contributed by atoms with Gasteiger partial charge in [-0.25, -0.2) is 9.97 Å². The van der Waals surface area contributed by atoms with Gasteiger partial charge >= 0.3 is 0 Å². The molecule has 0 aliphatic carbocycles. The summed E-state index contributed by atoms with van der Waals surface area (Å²) in [5.74, 6) is -0.259. The fourth-order valence-electron chi connectivity index (χ4n) is 3.01. The predicted molar refractivity (Wildman–Crippen MR) is 124 cm³/mol. The summed E-state index contributed by atoms with van der Waals surface area (Å²) >= 11 is 1.31. The van der Waals surface area contributed by atoms with E-state index in [4.69, 9.17) is 15.7 Å². The molecule has 2 amide bonds. The Hall–Kier alpha value is -4.55. The summed E-state index contributed by atoms with van der Waals surface area (Å²) in [4.78, 5) is 32.4. The molecule has 0 aliphatic rings. The number of primary amides is 1. The summed E-state index contributed by atoms with van der Waals surface area (Å²) in [5, 5.41) is 14.1. The monoisotopic (exact) mass is 455 g/mol. The van der Waals surface area contributed by atoms with E-state index in [2.05, 4.69) is 21.4 Å². The van der Waals surface area contributed by atoms with Crippen LogP contribution in [0.1, 0.15) is 21.5 Å². The molecule has 0 bridgehead atoms. The molecule has 0 aliphatic heterocycles. The van der Waals surface area contributed by atoms with Crippen molar-refractivity contribution in [1.82, 2.24) is 9.97 Å². The van der Waals surface area contributed by atoms with Crippen molar-refractivity contribution in [2.24, 2.45) is 5.73 Å². The Balaban J connectivity index is 1.37. The lowest BCUT2D eigenvalue weighted by atomic mass is 10.1. The number of hydrogen-bond acceptors (Lipinski definition) is 7. The SMILES string of the molecule is N#Cc1cccc(-c2csc(NC(=O)Cc3ccc(Oc4ncccc4C(N)=O)cc3)n2)c1. The van der Waals surface area contributed by atoms with Crippen LogP contribution in [0, 0.1) is 11.3 Å². The Labute approximate surface area is 193 Å². The first-order valence-electron chi connectivity index (χ1n) is 9.79. The zero-order chi connectivity index (χ0) is 23.2. The van der Waals surface area contributed by atoms with Crippen LogP contribution in [0.3, 0.4) is 0 Å². The van der Waals surface area contributed by atoms with Gasteiger partial charge in [0, 0.05) is 17.1 Å². The van der Waals surface area contributed by atoms with Gasteiger partial charge in [-0.1, -0.05) is 24.3 Å². The third kappa shape index (κ3) is 5.39. The number of carbonyl (C=O) groups is 2. The maximum absolute atomic E-state index is 12.4. The number of amides is 2. The molecule has 0 spiro atoms. The molecule has 8 nitrogen and oxygen atoms in total. The number of benzene rings is 2. The minimum Gasteiger partial charge on any atom is -0.438 e. The zero-order valence-corrected chi connectivity index (χ0v) is 18.0. The number of carbonyl (C=O) groups excluding carboxylic acids is 2. The van der Waals surface area contributed by atoms with Gasteiger partial charge in [0.2, 0.25) is 11.8 Å². The van der Waals surface area contributed by atoms with Crippen LogP contribution in [0.25, 0.3) is 11.3 Å². The molecule has 0 unspecified atom stereocenters. The quantitative estimate of drug-likeness (QED) is 0.430. The highest BCUT2D eigenvalue weighted by Gasteiger charge is 2.12. The molecular weight excluding hydrogens is 438 g/mol. The number of ether oxygens (including phenoxy) is 1. The molecular formula is C24H17N5O3S. The van der Waals surface area contributed by atoms with E-state index in [-0.39, 0.29) is 23.8 Å². The molecule has 0 atom stereocenters. The fourth-order valence-corrected chi connectivity index (χ4v) is 3.74. The van der Waals surface area contributed by atoms with Crippen LogP contribution in [0.4, 0.5) is 5.13 Å². The molecule has 0 radical (unpaired) electrons. The fraction of sp³-hybridized carbons (Fsp3) is 0.0417. The van der Waals surface area contributed by atoms with E-state index in [9.17, 15) is 9.59 Å². The lowest BCUT2D eigenvalue weighted by Gasteiger charge is -2.08. The summed E-state index contributed by atoms with van der Waals surface area (Å²) in [6, 6.07) is 19.2. The Morgan fingerprint density at radius 2 is 1.94 bits per heavy atom. The van der Waals surface area contributed by atoms with Crippen LogP contribution in [-0.4, -0.2) is 21.8 Å². The number of nitrogens with zero attached hydrogens (tertiary/aromatic N) is 3. The summed E-state index contributed by atoms with van der Waals surface area (Å²) in [6.45, 7) is 0. The van der Waals surface area contributed by atoms with Crippen LogP contribution in [0.5, 0.6) is 11.6 Å². The zero-order valence-electron chi connectivity index (χ0n) is 17.2. The predicted octanol–water partition coefficient (Wildman–Crippen LogP) is 4.15. The van der Waals surface area contributed by atoms with Crippen molar-refractivity contribution in [2.75, 3.05) is 5.32 Å². The number of thiazole rings is 1. The number of pyridine rings is 1. The number of aromatic nitrogens is 2. The van der Waals surface area contributed by atoms with E-state index in [1.165, 1.54) is 23.6 Å². The molecule has 3 N–H and O–H groups in total. The van der Waals surface area contributed by atoms with Crippen molar-refractivity contribution in [1.29, 1.82) is 5.26 Å². The van der Waals surface area contributed by atoms with Gasteiger partial charge in [0.25, 0.3) is 5.91 Å². The Bertz CT molecular complexity index is 1360. The standard InChI is InChI=1S/C24H17N5O3S/c25-13-16-3-1-4-17(11-16)20-14-33-24(28-20)29-21(30)12-15-6-8-18(9-7-15)32-23-19(22(26)31)5-2-10-27-23/h1-11,14H,12H2,(H2,26,31)(H,28,29,30). The van der Waals surface area contributed by atoms with Gasteiger partial charge in [0.1, 0.15) is 11.3 Å². The molecule has 33 heavy (non-hydrogen) atoms. The molecule has 2 aromatic heterocycles. The molecule has 0 fully saturated rings. The summed E-state index contributed by atoms with van der Waals surface area (Å²) in [7, 11) is 0. The van der Waals surface area contributed by atoms with Crippen LogP contribution in [0.15, 0.2) is 72.2 Å². The number of hydrogen-bond donors (Lipinski definition) is 2. The van der Waals surface area contributed by atoms with Crippen LogP contribution < -0.4 is 15.8 Å². The normalized spacial score (nSPS) is 10.3. The molecule has 2 heterocycles. The lowest BCUT2D eigenvalue weighted by molar-refractivity contribution is -0.115. The van der Waals surface area contributed by atoms with Crippen LogP contribution in [0.2, 0.25) is 0 Å². The molecule has 4 rings (SSSR count). The summed E-state index contributed by atoms with van der Waals surface area (Å²) in [6.07, 6.45) is 1.65. The van der Waals surface area contributed by atoms with Crippen molar-refractivity contribution >= 4 is 28.3 Å². The number of nitriles is 1. The molecule has 0 saturated heterocycles. The second-order valence-electron chi connectivity index (χ2n) is 6.92. The topological polar surface area (TPSA) is 131 Å². The number of nitrogens with two attached hydrogens (primary N) is 1. The van der Waals surface area contributed by atoms with E-state index in [1.807, 2.05) is 11.4 Å². The van der Waals surface area contributed by atoms with Crippen LogP contribution in [-0.2, 0) is 11.2 Å². The lowest BCUT2D eigenvalue weighted by Crippen LogP contribution is -2.14. The minimum atomic E-state index is -0.630. The molecule has 9 heteroatoms. The third-order valence-electron chi connectivity index (χ3n) is 4.58. The number of rotatable bonds is 7. The van der Waals surface area contributed by atoms with Crippen molar-refractivity contribution in [2.45, 2.75) is 6.42 Å². The van der Waals surface area contributed by atoms with Crippen molar-refractivity contribution in [3.05, 3.63) is 88.9 Å². The van der Waals surface area contributed by atoms with Crippen molar-refractivity contribution in [3.8, 4) is 29.0 Å². The first-order valence-corrected chi connectivity index (χ1v) is 10.7.